The average Bonchev–Trinajstić information content (AvgIpc) is 2.42. The van der Waals surface area contributed by atoms with Crippen molar-refractivity contribution < 1.29 is 18.7 Å². The molecule has 1 rings (SSSR count). The van der Waals surface area contributed by atoms with Gasteiger partial charge in [-0.05, 0) is 12.1 Å². The van der Waals surface area contributed by atoms with Crippen LogP contribution in [0.2, 0.25) is 0 Å². The largest absolute Gasteiger partial charge is 0.496 e. The minimum absolute atomic E-state index is 0.0650. The van der Waals surface area contributed by atoms with E-state index in [4.69, 9.17) is 21.1 Å². The van der Waals surface area contributed by atoms with E-state index in [1.165, 1.54) is 24.1 Å². The number of carbonyl (C=O) groups excluding carboxylic acids is 1. The van der Waals surface area contributed by atoms with E-state index in [0.29, 0.717) is 25.6 Å². The average molecular weight is 290 g/mol. The van der Waals surface area contributed by atoms with Gasteiger partial charge in [0.15, 0.2) is 0 Å². The van der Waals surface area contributed by atoms with Crippen LogP contribution < -0.4 is 4.74 Å². The van der Waals surface area contributed by atoms with E-state index in [0.717, 1.165) is 0 Å². The van der Waals surface area contributed by atoms with Crippen molar-refractivity contribution in [1.29, 1.82) is 0 Å². The summed E-state index contributed by atoms with van der Waals surface area (Å²) in [6.07, 6.45) is 0. The van der Waals surface area contributed by atoms with Gasteiger partial charge in [-0.25, -0.2) is 4.39 Å². The number of halogens is 2. The summed E-state index contributed by atoms with van der Waals surface area (Å²) >= 11 is 5.46. The standard InChI is InChI=1S/C13H17ClFNO3/c1-16(7-9-19-8-6-14)13(17)12-10(15)4-3-5-11(12)18-2/h3-5H,6-9H2,1-2H3. The molecule has 0 N–H and O–H groups in total. The first-order valence-electron chi connectivity index (χ1n) is 5.83. The summed E-state index contributed by atoms with van der Waals surface area (Å²) in [5.74, 6) is -0.417. The quantitative estimate of drug-likeness (QED) is 0.570. The maximum absolute atomic E-state index is 13.7. The molecule has 19 heavy (non-hydrogen) atoms. The van der Waals surface area contributed by atoms with E-state index in [9.17, 15) is 9.18 Å². The third kappa shape index (κ3) is 4.36. The SMILES string of the molecule is COc1cccc(F)c1C(=O)N(C)CCOCCCl. The van der Waals surface area contributed by atoms with E-state index in [2.05, 4.69) is 0 Å². The maximum atomic E-state index is 13.7. The normalized spacial score (nSPS) is 10.3. The molecule has 0 saturated carbocycles. The van der Waals surface area contributed by atoms with Crippen molar-refractivity contribution >= 4 is 17.5 Å². The number of hydrogen-bond acceptors (Lipinski definition) is 3. The van der Waals surface area contributed by atoms with Crippen molar-refractivity contribution in [2.45, 2.75) is 0 Å². The van der Waals surface area contributed by atoms with Gasteiger partial charge in [0.05, 0.1) is 20.3 Å². The summed E-state index contributed by atoms with van der Waals surface area (Å²) < 4.78 is 23.9. The lowest BCUT2D eigenvalue weighted by Crippen LogP contribution is -2.31. The van der Waals surface area contributed by atoms with Crippen molar-refractivity contribution in [3.63, 3.8) is 0 Å². The molecule has 6 heteroatoms. The van der Waals surface area contributed by atoms with Gasteiger partial charge >= 0.3 is 0 Å². The number of rotatable bonds is 7. The number of methoxy groups -OCH3 is 1. The monoisotopic (exact) mass is 289 g/mol. The van der Waals surface area contributed by atoms with Gasteiger partial charge in [-0.1, -0.05) is 6.07 Å². The number of ether oxygens (including phenoxy) is 2. The highest BCUT2D eigenvalue weighted by molar-refractivity contribution is 6.17. The summed E-state index contributed by atoms with van der Waals surface area (Å²) in [5, 5.41) is 0. The van der Waals surface area contributed by atoms with E-state index in [1.807, 2.05) is 0 Å². The smallest absolute Gasteiger partial charge is 0.260 e. The molecule has 0 spiro atoms. The molecule has 1 aromatic rings. The molecule has 0 atom stereocenters. The molecule has 106 valence electrons. The molecular formula is C13H17ClFNO3. The number of nitrogens with zero attached hydrogens (tertiary/aromatic N) is 1. The third-order valence-electron chi connectivity index (χ3n) is 2.55. The van der Waals surface area contributed by atoms with Gasteiger partial charge in [0.2, 0.25) is 0 Å². The topological polar surface area (TPSA) is 38.8 Å². The van der Waals surface area contributed by atoms with E-state index < -0.39 is 11.7 Å². The predicted molar refractivity (Wildman–Crippen MR) is 71.5 cm³/mol. The van der Waals surface area contributed by atoms with E-state index in [1.54, 1.807) is 13.1 Å². The van der Waals surface area contributed by atoms with Crippen molar-refractivity contribution in [3.8, 4) is 5.75 Å². The highest BCUT2D eigenvalue weighted by atomic mass is 35.5. The maximum Gasteiger partial charge on any atom is 0.260 e. The van der Waals surface area contributed by atoms with Crippen molar-refractivity contribution in [1.82, 2.24) is 4.90 Å². The molecule has 1 amide bonds. The minimum atomic E-state index is -0.599. The fraction of sp³-hybridized carbons (Fsp3) is 0.462. The molecule has 0 fully saturated rings. The van der Waals surface area contributed by atoms with Crippen LogP contribution in [0.3, 0.4) is 0 Å². The lowest BCUT2D eigenvalue weighted by atomic mass is 10.1. The molecule has 4 nitrogen and oxygen atoms in total. The Balaban J connectivity index is 2.71. The Morgan fingerprint density at radius 2 is 2.16 bits per heavy atom. The molecule has 0 aliphatic carbocycles. The molecule has 0 aliphatic rings. The molecular weight excluding hydrogens is 273 g/mol. The van der Waals surface area contributed by atoms with Crippen LogP contribution in [-0.4, -0.2) is 50.6 Å². The van der Waals surface area contributed by atoms with Gasteiger partial charge in [0.1, 0.15) is 17.1 Å². The fourth-order valence-electron chi connectivity index (χ4n) is 1.53. The highest BCUT2D eigenvalue weighted by Crippen LogP contribution is 2.22. The summed E-state index contributed by atoms with van der Waals surface area (Å²) in [5.41, 5.74) is -0.0650. The molecule has 0 heterocycles. The van der Waals surface area contributed by atoms with Gasteiger partial charge in [-0.3, -0.25) is 4.79 Å². The Hall–Kier alpha value is -1.33. The van der Waals surface area contributed by atoms with Crippen LogP contribution in [0, 0.1) is 5.82 Å². The molecule has 0 bridgehead atoms. The van der Waals surface area contributed by atoms with Crippen LogP contribution in [0.25, 0.3) is 0 Å². The zero-order chi connectivity index (χ0) is 14.3. The lowest BCUT2D eigenvalue weighted by molar-refractivity contribution is 0.0704. The van der Waals surface area contributed by atoms with E-state index >= 15 is 0 Å². The first-order valence-corrected chi connectivity index (χ1v) is 6.37. The molecule has 1 aromatic carbocycles. The Labute approximate surface area is 117 Å². The molecule has 0 radical (unpaired) electrons. The first-order chi connectivity index (χ1) is 9.11. The van der Waals surface area contributed by atoms with Gasteiger partial charge < -0.3 is 14.4 Å². The Bertz CT molecular complexity index is 428. The van der Waals surface area contributed by atoms with Gasteiger partial charge in [-0.15, -0.1) is 11.6 Å². The van der Waals surface area contributed by atoms with Gasteiger partial charge in [0.25, 0.3) is 5.91 Å². The minimum Gasteiger partial charge on any atom is -0.496 e. The number of carbonyl (C=O) groups is 1. The van der Waals surface area contributed by atoms with Crippen LogP contribution in [0.5, 0.6) is 5.75 Å². The second-order valence-electron chi connectivity index (χ2n) is 3.85. The van der Waals surface area contributed by atoms with Crippen LogP contribution in [0.15, 0.2) is 18.2 Å². The number of hydrogen-bond donors (Lipinski definition) is 0. The highest BCUT2D eigenvalue weighted by Gasteiger charge is 2.20. The number of benzene rings is 1. The number of likely N-dealkylation sites (N-methyl/N-ethyl adjacent to an activating group) is 1. The van der Waals surface area contributed by atoms with Crippen LogP contribution in [0.4, 0.5) is 4.39 Å². The zero-order valence-electron chi connectivity index (χ0n) is 11.0. The van der Waals surface area contributed by atoms with Crippen molar-refractivity contribution in [2.24, 2.45) is 0 Å². The molecule has 0 aromatic heterocycles. The van der Waals surface area contributed by atoms with E-state index in [-0.39, 0.29) is 11.3 Å². The molecule has 0 aliphatic heterocycles. The Kier molecular flexibility index (Phi) is 6.59. The van der Waals surface area contributed by atoms with Gasteiger partial charge in [-0.2, -0.15) is 0 Å². The zero-order valence-corrected chi connectivity index (χ0v) is 11.7. The predicted octanol–water partition coefficient (Wildman–Crippen LogP) is 2.16. The van der Waals surface area contributed by atoms with Crippen LogP contribution in [0.1, 0.15) is 10.4 Å². The summed E-state index contributed by atoms with van der Waals surface area (Å²) in [6.45, 7) is 1.13. The van der Waals surface area contributed by atoms with Crippen LogP contribution >= 0.6 is 11.6 Å². The van der Waals surface area contributed by atoms with Crippen molar-refractivity contribution in [3.05, 3.63) is 29.6 Å². The number of alkyl halides is 1. The van der Waals surface area contributed by atoms with Crippen LogP contribution in [-0.2, 0) is 4.74 Å². The summed E-state index contributed by atoms with van der Waals surface area (Å²) in [4.78, 5) is 13.5. The first kappa shape index (κ1) is 15.7. The Morgan fingerprint density at radius 1 is 1.42 bits per heavy atom. The molecule has 0 unspecified atom stereocenters. The second kappa shape index (κ2) is 7.96. The Morgan fingerprint density at radius 3 is 2.79 bits per heavy atom. The lowest BCUT2D eigenvalue weighted by Gasteiger charge is -2.18. The summed E-state index contributed by atoms with van der Waals surface area (Å²) in [7, 11) is 2.98. The molecule has 0 saturated heterocycles. The van der Waals surface area contributed by atoms with Gasteiger partial charge in [0, 0.05) is 19.5 Å². The number of amides is 1. The second-order valence-corrected chi connectivity index (χ2v) is 4.22. The van der Waals surface area contributed by atoms with Crippen molar-refractivity contribution in [2.75, 3.05) is 39.8 Å². The fourth-order valence-corrected chi connectivity index (χ4v) is 1.64. The summed E-state index contributed by atoms with van der Waals surface area (Å²) in [6, 6.07) is 4.27. The third-order valence-corrected chi connectivity index (χ3v) is 2.70.